The Morgan fingerprint density at radius 3 is 1.79 bits per heavy atom. The molecule has 0 unspecified atom stereocenters. The molecule has 0 saturated heterocycles. The molecule has 0 aliphatic carbocycles. The lowest BCUT2D eigenvalue weighted by Gasteiger charge is -2.02. The summed E-state index contributed by atoms with van der Waals surface area (Å²) < 4.78 is 0. The molecule has 0 radical (unpaired) electrons. The number of anilines is 2. The number of nitrogens with one attached hydrogen (secondary N) is 2. The molecule has 2 N–H and O–H groups in total. The highest BCUT2D eigenvalue weighted by atomic mass is 32.1. The Bertz CT molecular complexity index is 477. The summed E-state index contributed by atoms with van der Waals surface area (Å²) in [5, 5.41) is 10.1. The van der Waals surface area contributed by atoms with Gasteiger partial charge in [0, 0.05) is 36.0 Å². The van der Waals surface area contributed by atoms with Crippen LogP contribution < -0.4 is 10.6 Å². The minimum Gasteiger partial charge on any atom is -0.302 e. The highest BCUT2D eigenvalue weighted by molar-refractivity contribution is 7.14. The lowest BCUT2D eigenvalue weighted by molar-refractivity contribution is -0.117. The van der Waals surface area contributed by atoms with Crippen molar-refractivity contribution in [1.82, 2.24) is 9.97 Å². The molecule has 0 spiro atoms. The summed E-state index contributed by atoms with van der Waals surface area (Å²) in [6.07, 6.45) is 4.34. The Kier molecular flexibility index (Phi) is 4.99. The number of hydrogen-bond acceptors (Lipinski definition) is 6. The first-order valence-electron chi connectivity index (χ1n) is 5.63. The Morgan fingerprint density at radius 1 is 0.947 bits per heavy atom. The summed E-state index contributed by atoms with van der Waals surface area (Å²) in [6.45, 7) is 0. The van der Waals surface area contributed by atoms with E-state index in [-0.39, 0.29) is 11.8 Å². The number of aromatic nitrogens is 2. The van der Waals surface area contributed by atoms with Gasteiger partial charge in [0.25, 0.3) is 0 Å². The summed E-state index contributed by atoms with van der Waals surface area (Å²) in [5.41, 5.74) is 0. The molecule has 2 amide bonds. The van der Waals surface area contributed by atoms with Crippen molar-refractivity contribution >= 4 is 44.8 Å². The van der Waals surface area contributed by atoms with Crippen LogP contribution in [0.25, 0.3) is 0 Å². The van der Waals surface area contributed by atoms with Gasteiger partial charge in [0.2, 0.25) is 11.8 Å². The Hall–Kier alpha value is -1.80. The van der Waals surface area contributed by atoms with Crippen LogP contribution in [0, 0.1) is 0 Å². The second-order valence-corrected chi connectivity index (χ2v) is 5.41. The van der Waals surface area contributed by atoms with Gasteiger partial charge in [-0.25, -0.2) is 9.97 Å². The van der Waals surface area contributed by atoms with Crippen molar-refractivity contribution in [2.24, 2.45) is 0 Å². The van der Waals surface area contributed by atoms with Crippen molar-refractivity contribution in [3.63, 3.8) is 0 Å². The molecule has 2 aromatic heterocycles. The first-order chi connectivity index (χ1) is 9.24. The third kappa shape index (κ3) is 4.76. The largest absolute Gasteiger partial charge is 0.302 e. The topological polar surface area (TPSA) is 84.0 Å². The Labute approximate surface area is 117 Å². The van der Waals surface area contributed by atoms with Crippen molar-refractivity contribution < 1.29 is 9.59 Å². The number of hydrogen-bond donors (Lipinski definition) is 2. The summed E-state index contributed by atoms with van der Waals surface area (Å²) >= 11 is 2.73. The van der Waals surface area contributed by atoms with Crippen LogP contribution in [0.1, 0.15) is 19.3 Å². The van der Waals surface area contributed by atoms with Gasteiger partial charge in [0.1, 0.15) is 0 Å². The third-order valence-electron chi connectivity index (χ3n) is 2.17. The van der Waals surface area contributed by atoms with Gasteiger partial charge in [0.15, 0.2) is 10.3 Å². The monoisotopic (exact) mass is 296 g/mol. The highest BCUT2D eigenvalue weighted by Gasteiger charge is 2.07. The van der Waals surface area contributed by atoms with Gasteiger partial charge in [-0.2, -0.15) is 0 Å². The molecule has 6 nitrogen and oxygen atoms in total. The molecule has 19 heavy (non-hydrogen) atoms. The number of carbonyl (C=O) groups is 2. The molecule has 2 heterocycles. The summed E-state index contributed by atoms with van der Waals surface area (Å²) in [7, 11) is 0. The minimum atomic E-state index is -0.128. The number of carbonyl (C=O) groups excluding carboxylic acids is 2. The van der Waals surface area contributed by atoms with Crippen LogP contribution in [0.5, 0.6) is 0 Å². The van der Waals surface area contributed by atoms with E-state index in [4.69, 9.17) is 0 Å². The van der Waals surface area contributed by atoms with E-state index >= 15 is 0 Å². The second-order valence-electron chi connectivity index (χ2n) is 3.62. The normalized spacial score (nSPS) is 10.1. The predicted molar refractivity (Wildman–Crippen MR) is 75.3 cm³/mol. The Balaban J connectivity index is 1.63. The quantitative estimate of drug-likeness (QED) is 0.857. The maximum atomic E-state index is 11.5. The van der Waals surface area contributed by atoms with E-state index in [1.165, 1.54) is 22.7 Å². The van der Waals surface area contributed by atoms with Gasteiger partial charge in [-0.1, -0.05) is 0 Å². The van der Waals surface area contributed by atoms with Crippen LogP contribution in [0.3, 0.4) is 0 Å². The summed E-state index contributed by atoms with van der Waals surface area (Å²) in [4.78, 5) is 30.9. The molecule has 0 saturated carbocycles. The SMILES string of the molecule is O=C(CCCC(=O)Nc1nccs1)Nc1nccs1. The maximum Gasteiger partial charge on any atom is 0.226 e. The fourth-order valence-corrected chi connectivity index (χ4v) is 2.43. The molecule has 0 atom stereocenters. The molecule has 0 aliphatic rings. The average Bonchev–Trinajstić information content (AvgIpc) is 3.02. The maximum absolute atomic E-state index is 11.5. The molecule has 0 aliphatic heterocycles. The fourth-order valence-electron chi connectivity index (χ4n) is 1.34. The molecule has 0 fully saturated rings. The first kappa shape index (κ1) is 13.6. The fraction of sp³-hybridized carbons (Fsp3) is 0.273. The third-order valence-corrected chi connectivity index (χ3v) is 3.54. The molecular formula is C11H12N4O2S2. The summed E-state index contributed by atoms with van der Waals surface area (Å²) in [6, 6.07) is 0. The predicted octanol–water partition coefficient (Wildman–Crippen LogP) is 2.35. The smallest absolute Gasteiger partial charge is 0.226 e. The average molecular weight is 296 g/mol. The zero-order chi connectivity index (χ0) is 13.5. The Morgan fingerprint density at radius 2 is 1.42 bits per heavy atom. The van der Waals surface area contributed by atoms with Crippen LogP contribution in [-0.2, 0) is 9.59 Å². The van der Waals surface area contributed by atoms with E-state index in [1.807, 2.05) is 0 Å². The molecule has 0 aromatic carbocycles. The van der Waals surface area contributed by atoms with Crippen molar-refractivity contribution in [2.75, 3.05) is 10.6 Å². The van der Waals surface area contributed by atoms with Gasteiger partial charge in [-0.05, 0) is 6.42 Å². The van der Waals surface area contributed by atoms with Crippen molar-refractivity contribution in [2.45, 2.75) is 19.3 Å². The second kappa shape index (κ2) is 6.95. The zero-order valence-corrected chi connectivity index (χ0v) is 11.6. The van der Waals surface area contributed by atoms with E-state index in [0.717, 1.165) is 0 Å². The van der Waals surface area contributed by atoms with E-state index in [1.54, 1.807) is 23.2 Å². The molecular weight excluding hydrogens is 284 g/mol. The highest BCUT2D eigenvalue weighted by Crippen LogP contribution is 2.12. The van der Waals surface area contributed by atoms with Gasteiger partial charge in [0.05, 0.1) is 0 Å². The molecule has 2 rings (SSSR count). The van der Waals surface area contributed by atoms with Gasteiger partial charge >= 0.3 is 0 Å². The number of thiazole rings is 2. The van der Waals surface area contributed by atoms with Crippen LogP contribution in [0.2, 0.25) is 0 Å². The van der Waals surface area contributed by atoms with E-state index in [2.05, 4.69) is 20.6 Å². The van der Waals surface area contributed by atoms with E-state index in [9.17, 15) is 9.59 Å². The lowest BCUT2D eigenvalue weighted by Crippen LogP contribution is -2.14. The van der Waals surface area contributed by atoms with Gasteiger partial charge < -0.3 is 10.6 Å². The minimum absolute atomic E-state index is 0.128. The molecule has 100 valence electrons. The van der Waals surface area contributed by atoms with Crippen LogP contribution in [-0.4, -0.2) is 21.8 Å². The summed E-state index contributed by atoms with van der Waals surface area (Å²) in [5.74, 6) is -0.256. The number of nitrogens with zero attached hydrogens (tertiary/aromatic N) is 2. The van der Waals surface area contributed by atoms with E-state index < -0.39 is 0 Å². The zero-order valence-electron chi connectivity index (χ0n) is 9.96. The van der Waals surface area contributed by atoms with Crippen LogP contribution >= 0.6 is 22.7 Å². The first-order valence-corrected chi connectivity index (χ1v) is 7.38. The molecule has 8 heteroatoms. The molecule has 0 bridgehead atoms. The van der Waals surface area contributed by atoms with Crippen LogP contribution in [0.4, 0.5) is 10.3 Å². The van der Waals surface area contributed by atoms with Gasteiger partial charge in [-0.3, -0.25) is 9.59 Å². The molecule has 2 aromatic rings. The van der Waals surface area contributed by atoms with Crippen LogP contribution in [0.15, 0.2) is 23.2 Å². The standard InChI is InChI=1S/C11H12N4O2S2/c16-8(14-10-12-4-6-18-10)2-1-3-9(17)15-11-13-5-7-19-11/h4-7H,1-3H2,(H,12,14,16)(H,13,15,17). The van der Waals surface area contributed by atoms with Crippen molar-refractivity contribution in [3.05, 3.63) is 23.2 Å². The van der Waals surface area contributed by atoms with Gasteiger partial charge in [-0.15, -0.1) is 22.7 Å². The van der Waals surface area contributed by atoms with Crippen molar-refractivity contribution in [1.29, 1.82) is 0 Å². The lowest BCUT2D eigenvalue weighted by atomic mass is 10.2. The van der Waals surface area contributed by atoms with Crippen molar-refractivity contribution in [3.8, 4) is 0 Å². The van der Waals surface area contributed by atoms with E-state index in [0.29, 0.717) is 29.5 Å². The number of amides is 2. The number of rotatable bonds is 6.